The zero-order chi connectivity index (χ0) is 10.1. The second kappa shape index (κ2) is 8.52. The Balaban J connectivity index is 3.55. The SMILES string of the molecule is CCCN(CCC)CCC(N)CC. The molecule has 0 heterocycles. The van der Waals surface area contributed by atoms with Gasteiger partial charge in [-0.05, 0) is 45.3 Å². The van der Waals surface area contributed by atoms with Crippen molar-refractivity contribution in [3.8, 4) is 0 Å². The van der Waals surface area contributed by atoms with Crippen molar-refractivity contribution in [2.24, 2.45) is 5.73 Å². The molecule has 13 heavy (non-hydrogen) atoms. The van der Waals surface area contributed by atoms with Gasteiger partial charge < -0.3 is 10.6 Å². The summed E-state index contributed by atoms with van der Waals surface area (Å²) >= 11 is 0. The highest BCUT2D eigenvalue weighted by Gasteiger charge is 2.04. The molecule has 0 aliphatic heterocycles. The molecule has 0 aromatic rings. The number of hydrogen-bond acceptors (Lipinski definition) is 2. The molecule has 0 fully saturated rings. The van der Waals surface area contributed by atoms with Crippen LogP contribution in [0.2, 0.25) is 0 Å². The fraction of sp³-hybridized carbons (Fsp3) is 1.00. The Morgan fingerprint density at radius 3 is 1.92 bits per heavy atom. The van der Waals surface area contributed by atoms with Gasteiger partial charge in [-0.25, -0.2) is 0 Å². The van der Waals surface area contributed by atoms with Crippen molar-refractivity contribution in [3.63, 3.8) is 0 Å². The summed E-state index contributed by atoms with van der Waals surface area (Å²) in [5.41, 5.74) is 5.89. The molecule has 0 radical (unpaired) electrons. The molecule has 0 spiro atoms. The van der Waals surface area contributed by atoms with Gasteiger partial charge in [-0.15, -0.1) is 0 Å². The van der Waals surface area contributed by atoms with Crippen molar-refractivity contribution in [1.29, 1.82) is 0 Å². The first-order valence-corrected chi connectivity index (χ1v) is 5.72. The number of rotatable bonds is 8. The molecular weight excluding hydrogens is 160 g/mol. The van der Waals surface area contributed by atoms with Crippen LogP contribution in [0.3, 0.4) is 0 Å². The van der Waals surface area contributed by atoms with Gasteiger partial charge in [0.1, 0.15) is 0 Å². The zero-order valence-corrected chi connectivity index (χ0v) is 9.55. The van der Waals surface area contributed by atoms with Crippen molar-refractivity contribution in [2.75, 3.05) is 19.6 Å². The maximum atomic E-state index is 5.89. The molecule has 80 valence electrons. The van der Waals surface area contributed by atoms with Gasteiger partial charge in [-0.3, -0.25) is 0 Å². The fourth-order valence-electron chi connectivity index (χ4n) is 1.52. The first-order valence-electron chi connectivity index (χ1n) is 5.72. The van der Waals surface area contributed by atoms with Gasteiger partial charge in [-0.2, -0.15) is 0 Å². The third-order valence-electron chi connectivity index (χ3n) is 2.42. The summed E-state index contributed by atoms with van der Waals surface area (Å²) in [6, 6.07) is 0.399. The topological polar surface area (TPSA) is 29.3 Å². The minimum absolute atomic E-state index is 0.399. The van der Waals surface area contributed by atoms with Crippen LogP contribution in [-0.2, 0) is 0 Å². The van der Waals surface area contributed by atoms with Crippen molar-refractivity contribution < 1.29 is 0 Å². The maximum absolute atomic E-state index is 5.89. The van der Waals surface area contributed by atoms with Gasteiger partial charge in [0.05, 0.1) is 0 Å². The second-order valence-electron chi connectivity index (χ2n) is 3.80. The molecule has 1 atom stereocenters. The van der Waals surface area contributed by atoms with E-state index < -0.39 is 0 Å². The Labute approximate surface area is 83.5 Å². The van der Waals surface area contributed by atoms with Crippen molar-refractivity contribution >= 4 is 0 Å². The van der Waals surface area contributed by atoms with Crippen LogP contribution in [0, 0.1) is 0 Å². The molecule has 0 aliphatic rings. The summed E-state index contributed by atoms with van der Waals surface area (Å²) in [5.74, 6) is 0. The minimum Gasteiger partial charge on any atom is -0.328 e. The molecule has 2 N–H and O–H groups in total. The summed E-state index contributed by atoms with van der Waals surface area (Å²) in [4.78, 5) is 2.52. The minimum atomic E-state index is 0.399. The normalized spacial score (nSPS) is 13.6. The molecule has 0 aliphatic carbocycles. The Morgan fingerprint density at radius 2 is 1.54 bits per heavy atom. The van der Waals surface area contributed by atoms with E-state index in [-0.39, 0.29) is 0 Å². The average Bonchev–Trinajstić information content (AvgIpc) is 2.14. The van der Waals surface area contributed by atoms with Gasteiger partial charge in [0.25, 0.3) is 0 Å². The van der Waals surface area contributed by atoms with E-state index in [2.05, 4.69) is 25.7 Å². The molecule has 2 heteroatoms. The van der Waals surface area contributed by atoms with Crippen LogP contribution in [0.1, 0.15) is 46.5 Å². The van der Waals surface area contributed by atoms with Crippen LogP contribution >= 0.6 is 0 Å². The summed E-state index contributed by atoms with van der Waals surface area (Å²) in [6.45, 7) is 10.3. The van der Waals surface area contributed by atoms with Crippen LogP contribution in [0.4, 0.5) is 0 Å². The van der Waals surface area contributed by atoms with E-state index in [1.807, 2.05) is 0 Å². The van der Waals surface area contributed by atoms with Crippen LogP contribution in [0.25, 0.3) is 0 Å². The molecule has 0 saturated carbocycles. The molecule has 0 bridgehead atoms. The first kappa shape index (κ1) is 12.9. The molecule has 0 aromatic heterocycles. The van der Waals surface area contributed by atoms with E-state index in [1.165, 1.54) is 32.5 Å². The Bertz CT molecular complexity index is 98.3. The van der Waals surface area contributed by atoms with Crippen molar-refractivity contribution in [3.05, 3.63) is 0 Å². The van der Waals surface area contributed by atoms with Gasteiger partial charge in [0.15, 0.2) is 0 Å². The molecular formula is C11H26N2. The van der Waals surface area contributed by atoms with E-state index in [9.17, 15) is 0 Å². The summed E-state index contributed by atoms with van der Waals surface area (Å²) in [7, 11) is 0. The number of hydrogen-bond donors (Lipinski definition) is 1. The Hall–Kier alpha value is -0.0800. The molecule has 0 saturated heterocycles. The third-order valence-corrected chi connectivity index (χ3v) is 2.42. The lowest BCUT2D eigenvalue weighted by Gasteiger charge is -2.22. The van der Waals surface area contributed by atoms with Gasteiger partial charge in [-0.1, -0.05) is 20.8 Å². The average molecular weight is 186 g/mol. The molecule has 0 rings (SSSR count). The van der Waals surface area contributed by atoms with Crippen molar-refractivity contribution in [2.45, 2.75) is 52.5 Å². The van der Waals surface area contributed by atoms with E-state index >= 15 is 0 Å². The number of nitrogens with zero attached hydrogens (tertiary/aromatic N) is 1. The third kappa shape index (κ3) is 7.03. The fourth-order valence-corrected chi connectivity index (χ4v) is 1.52. The zero-order valence-electron chi connectivity index (χ0n) is 9.55. The largest absolute Gasteiger partial charge is 0.328 e. The van der Waals surface area contributed by atoms with Crippen LogP contribution in [0.5, 0.6) is 0 Å². The second-order valence-corrected chi connectivity index (χ2v) is 3.80. The molecule has 0 amide bonds. The number of nitrogens with two attached hydrogens (primary N) is 1. The monoisotopic (exact) mass is 186 g/mol. The van der Waals surface area contributed by atoms with Crippen LogP contribution < -0.4 is 5.73 Å². The first-order chi connectivity index (χ1) is 6.24. The highest BCUT2D eigenvalue weighted by molar-refractivity contribution is 4.63. The lowest BCUT2D eigenvalue weighted by Crippen LogP contribution is -2.31. The Morgan fingerprint density at radius 1 is 1.00 bits per heavy atom. The summed E-state index contributed by atoms with van der Waals surface area (Å²) in [6.07, 6.45) is 4.76. The predicted octanol–water partition coefficient (Wildman–Crippen LogP) is 2.24. The summed E-state index contributed by atoms with van der Waals surface area (Å²) in [5, 5.41) is 0. The summed E-state index contributed by atoms with van der Waals surface area (Å²) < 4.78 is 0. The van der Waals surface area contributed by atoms with E-state index in [4.69, 9.17) is 5.73 Å². The maximum Gasteiger partial charge on any atom is 0.00483 e. The van der Waals surface area contributed by atoms with E-state index in [1.54, 1.807) is 0 Å². The smallest absolute Gasteiger partial charge is 0.00483 e. The molecule has 1 unspecified atom stereocenters. The van der Waals surface area contributed by atoms with Gasteiger partial charge >= 0.3 is 0 Å². The van der Waals surface area contributed by atoms with Crippen LogP contribution in [-0.4, -0.2) is 30.6 Å². The standard InChI is InChI=1S/C11H26N2/c1-4-8-13(9-5-2)10-7-11(12)6-3/h11H,4-10,12H2,1-3H3. The van der Waals surface area contributed by atoms with Crippen molar-refractivity contribution in [1.82, 2.24) is 4.90 Å². The van der Waals surface area contributed by atoms with Crippen LogP contribution in [0.15, 0.2) is 0 Å². The van der Waals surface area contributed by atoms with E-state index in [0.717, 1.165) is 12.8 Å². The van der Waals surface area contributed by atoms with Gasteiger partial charge in [0.2, 0.25) is 0 Å². The molecule has 2 nitrogen and oxygen atoms in total. The molecule has 0 aromatic carbocycles. The predicted molar refractivity (Wildman–Crippen MR) is 59.9 cm³/mol. The highest BCUT2D eigenvalue weighted by Crippen LogP contribution is 2.00. The lowest BCUT2D eigenvalue weighted by molar-refractivity contribution is 0.263. The lowest BCUT2D eigenvalue weighted by atomic mass is 10.1. The van der Waals surface area contributed by atoms with Gasteiger partial charge in [0, 0.05) is 6.04 Å². The Kier molecular flexibility index (Phi) is 8.46. The highest BCUT2D eigenvalue weighted by atomic mass is 15.1. The van der Waals surface area contributed by atoms with E-state index in [0.29, 0.717) is 6.04 Å². The quantitative estimate of drug-likeness (QED) is 0.630.